The first-order chi connectivity index (χ1) is 12.5. The van der Waals surface area contributed by atoms with Crippen molar-refractivity contribution >= 4 is 22.8 Å². The molecule has 26 heavy (non-hydrogen) atoms. The summed E-state index contributed by atoms with van der Waals surface area (Å²) < 4.78 is 11.3. The van der Waals surface area contributed by atoms with Gasteiger partial charge in [-0.1, -0.05) is 32.0 Å². The largest absolute Gasteiger partial charge is 0.457 e. The number of amides is 1. The van der Waals surface area contributed by atoms with Crippen molar-refractivity contribution in [2.45, 2.75) is 46.6 Å². The fourth-order valence-corrected chi connectivity index (χ4v) is 3.47. The molecule has 0 saturated carbocycles. The van der Waals surface area contributed by atoms with Gasteiger partial charge in [0, 0.05) is 30.0 Å². The van der Waals surface area contributed by atoms with E-state index in [-0.39, 0.29) is 30.3 Å². The molecule has 1 fully saturated rings. The van der Waals surface area contributed by atoms with Crippen LogP contribution in [0.4, 0.5) is 0 Å². The molecular formula is C21H27NO4. The number of para-hydroxylation sites is 1. The summed E-state index contributed by atoms with van der Waals surface area (Å²) in [7, 11) is 0. The van der Waals surface area contributed by atoms with Gasteiger partial charge in [0.15, 0.2) is 0 Å². The zero-order valence-corrected chi connectivity index (χ0v) is 15.8. The topological polar surface area (TPSA) is 59.8 Å². The van der Waals surface area contributed by atoms with Crippen LogP contribution in [0, 0.1) is 18.8 Å². The number of rotatable bonds is 5. The molecule has 1 aromatic heterocycles. The van der Waals surface area contributed by atoms with E-state index in [1.54, 1.807) is 0 Å². The number of carbonyl (C=O) groups is 2. The highest BCUT2D eigenvalue weighted by Gasteiger charge is 2.31. The van der Waals surface area contributed by atoms with Gasteiger partial charge in [-0.15, -0.1) is 0 Å². The monoisotopic (exact) mass is 357 g/mol. The van der Waals surface area contributed by atoms with Crippen LogP contribution in [0.5, 0.6) is 0 Å². The second-order valence-corrected chi connectivity index (χ2v) is 7.19. The van der Waals surface area contributed by atoms with E-state index in [0.29, 0.717) is 12.3 Å². The Morgan fingerprint density at radius 3 is 2.85 bits per heavy atom. The SMILES string of the molecule is CCC(C)C(=O)N1CCCC(C(=O)OCc2oc3ccccc3c2C)C1. The Kier molecular flexibility index (Phi) is 5.64. The molecule has 0 aliphatic carbocycles. The third kappa shape index (κ3) is 3.76. The van der Waals surface area contributed by atoms with E-state index >= 15 is 0 Å². The van der Waals surface area contributed by atoms with Crippen LogP contribution < -0.4 is 0 Å². The summed E-state index contributed by atoms with van der Waals surface area (Å²) in [5, 5.41) is 1.04. The first-order valence-corrected chi connectivity index (χ1v) is 9.43. The predicted molar refractivity (Wildman–Crippen MR) is 99.5 cm³/mol. The van der Waals surface area contributed by atoms with Crippen LogP contribution in [0.15, 0.2) is 28.7 Å². The summed E-state index contributed by atoms with van der Waals surface area (Å²) in [6.07, 6.45) is 2.42. The molecule has 2 heterocycles. The van der Waals surface area contributed by atoms with Crippen LogP contribution in [0.2, 0.25) is 0 Å². The van der Waals surface area contributed by atoms with Gasteiger partial charge in [0.2, 0.25) is 5.91 Å². The first kappa shape index (κ1) is 18.5. The van der Waals surface area contributed by atoms with Crippen LogP contribution in [-0.4, -0.2) is 29.9 Å². The molecule has 1 saturated heterocycles. The number of furan rings is 1. The molecule has 1 aliphatic heterocycles. The van der Waals surface area contributed by atoms with E-state index in [1.165, 1.54) is 0 Å². The molecule has 5 nitrogen and oxygen atoms in total. The van der Waals surface area contributed by atoms with E-state index < -0.39 is 0 Å². The minimum absolute atomic E-state index is 0.00275. The smallest absolute Gasteiger partial charge is 0.311 e. The van der Waals surface area contributed by atoms with Crippen molar-refractivity contribution in [3.63, 3.8) is 0 Å². The third-order valence-corrected chi connectivity index (χ3v) is 5.39. The van der Waals surface area contributed by atoms with Crippen LogP contribution in [0.1, 0.15) is 44.4 Å². The Morgan fingerprint density at radius 1 is 1.35 bits per heavy atom. The van der Waals surface area contributed by atoms with Crippen LogP contribution in [-0.2, 0) is 20.9 Å². The lowest BCUT2D eigenvalue weighted by atomic mass is 9.96. The lowest BCUT2D eigenvalue weighted by Crippen LogP contribution is -2.44. The minimum atomic E-state index is -0.249. The number of nitrogens with zero attached hydrogens (tertiary/aromatic N) is 1. The second-order valence-electron chi connectivity index (χ2n) is 7.19. The van der Waals surface area contributed by atoms with Crippen LogP contribution in [0.3, 0.4) is 0 Å². The molecular weight excluding hydrogens is 330 g/mol. The summed E-state index contributed by atoms with van der Waals surface area (Å²) >= 11 is 0. The number of ether oxygens (including phenoxy) is 1. The average molecular weight is 357 g/mol. The van der Waals surface area contributed by atoms with E-state index in [4.69, 9.17) is 9.15 Å². The predicted octanol–water partition coefficient (Wildman–Crippen LogP) is 4.07. The maximum absolute atomic E-state index is 12.5. The maximum atomic E-state index is 12.5. The zero-order valence-electron chi connectivity index (χ0n) is 15.8. The standard InChI is InChI=1S/C21H27NO4/c1-4-14(2)20(23)22-11-7-8-16(12-22)21(24)25-13-19-15(3)17-9-5-6-10-18(17)26-19/h5-6,9-10,14,16H,4,7-8,11-13H2,1-3H3. The molecule has 2 atom stereocenters. The molecule has 1 amide bonds. The third-order valence-electron chi connectivity index (χ3n) is 5.39. The number of benzene rings is 1. The maximum Gasteiger partial charge on any atom is 0.311 e. The van der Waals surface area contributed by atoms with E-state index in [9.17, 15) is 9.59 Å². The molecule has 140 valence electrons. The molecule has 0 radical (unpaired) electrons. The summed E-state index contributed by atoms with van der Waals surface area (Å²) in [6, 6.07) is 7.80. The lowest BCUT2D eigenvalue weighted by Gasteiger charge is -2.33. The normalized spacial score (nSPS) is 18.7. The van der Waals surface area contributed by atoms with Gasteiger partial charge in [0.25, 0.3) is 0 Å². The van der Waals surface area contributed by atoms with Crippen LogP contribution >= 0.6 is 0 Å². The zero-order chi connectivity index (χ0) is 18.7. The number of piperidine rings is 1. The van der Waals surface area contributed by atoms with Crippen molar-refractivity contribution in [3.8, 4) is 0 Å². The molecule has 3 rings (SSSR count). The van der Waals surface area contributed by atoms with Gasteiger partial charge in [0.1, 0.15) is 18.0 Å². The average Bonchev–Trinajstić information content (AvgIpc) is 3.01. The van der Waals surface area contributed by atoms with Gasteiger partial charge >= 0.3 is 5.97 Å². The highest BCUT2D eigenvalue weighted by atomic mass is 16.5. The highest BCUT2D eigenvalue weighted by Crippen LogP contribution is 2.26. The Balaban J connectivity index is 1.60. The number of fused-ring (bicyclic) bond motifs is 1. The van der Waals surface area contributed by atoms with Gasteiger partial charge < -0.3 is 14.1 Å². The summed E-state index contributed by atoms with van der Waals surface area (Å²) in [5.41, 5.74) is 1.81. The van der Waals surface area contributed by atoms with Crippen molar-refractivity contribution in [2.75, 3.05) is 13.1 Å². The highest BCUT2D eigenvalue weighted by molar-refractivity contribution is 5.82. The van der Waals surface area contributed by atoms with Gasteiger partial charge in [-0.3, -0.25) is 9.59 Å². The molecule has 2 aromatic rings. The van der Waals surface area contributed by atoms with Gasteiger partial charge in [-0.2, -0.15) is 0 Å². The number of carbonyl (C=O) groups excluding carboxylic acids is 2. The molecule has 1 aromatic carbocycles. The quantitative estimate of drug-likeness (QED) is 0.757. The fraction of sp³-hybridized carbons (Fsp3) is 0.524. The van der Waals surface area contributed by atoms with Gasteiger partial charge in [0.05, 0.1) is 5.92 Å². The van der Waals surface area contributed by atoms with E-state index in [2.05, 4.69) is 0 Å². The molecule has 0 bridgehead atoms. The number of hydrogen-bond donors (Lipinski definition) is 0. The Hall–Kier alpha value is -2.30. The molecule has 2 unspecified atom stereocenters. The van der Waals surface area contributed by atoms with E-state index in [0.717, 1.165) is 42.3 Å². The van der Waals surface area contributed by atoms with Crippen molar-refractivity contribution in [2.24, 2.45) is 11.8 Å². The lowest BCUT2D eigenvalue weighted by molar-refractivity contribution is -0.154. The van der Waals surface area contributed by atoms with Crippen molar-refractivity contribution in [3.05, 3.63) is 35.6 Å². The summed E-state index contributed by atoms with van der Waals surface area (Å²) in [6.45, 7) is 7.25. The van der Waals surface area contributed by atoms with E-state index in [1.807, 2.05) is 49.9 Å². The summed E-state index contributed by atoms with van der Waals surface area (Å²) in [4.78, 5) is 26.7. The molecule has 1 aliphatic rings. The van der Waals surface area contributed by atoms with Crippen molar-refractivity contribution in [1.29, 1.82) is 0 Å². The number of hydrogen-bond acceptors (Lipinski definition) is 4. The Morgan fingerprint density at radius 2 is 2.12 bits per heavy atom. The first-order valence-electron chi connectivity index (χ1n) is 9.43. The van der Waals surface area contributed by atoms with Crippen molar-refractivity contribution < 1.29 is 18.7 Å². The summed E-state index contributed by atoms with van der Waals surface area (Å²) in [5.74, 6) is 0.331. The number of likely N-dealkylation sites (tertiary alicyclic amines) is 1. The molecule has 0 spiro atoms. The number of esters is 1. The second kappa shape index (κ2) is 7.94. The molecule has 0 N–H and O–H groups in total. The van der Waals surface area contributed by atoms with Gasteiger partial charge in [-0.25, -0.2) is 0 Å². The minimum Gasteiger partial charge on any atom is -0.457 e. The Bertz CT molecular complexity index is 794. The van der Waals surface area contributed by atoms with Gasteiger partial charge in [-0.05, 0) is 32.3 Å². The molecule has 5 heteroatoms. The number of aryl methyl sites for hydroxylation is 1. The van der Waals surface area contributed by atoms with Crippen molar-refractivity contribution in [1.82, 2.24) is 4.90 Å². The fourth-order valence-electron chi connectivity index (χ4n) is 3.47. The Labute approximate surface area is 154 Å². The van der Waals surface area contributed by atoms with Crippen LogP contribution in [0.25, 0.3) is 11.0 Å².